The minimum atomic E-state index is -0.551. The van der Waals surface area contributed by atoms with Crippen LogP contribution in [0.25, 0.3) is 0 Å². The lowest BCUT2D eigenvalue weighted by molar-refractivity contribution is -0.0197. The molecule has 4 heterocycles. The van der Waals surface area contributed by atoms with Crippen molar-refractivity contribution in [1.82, 2.24) is 9.58 Å². The number of morpholine rings is 1. The number of carbonyl (C=O) groups excluding carboxylic acids is 1. The number of aromatic hydroxyl groups is 1. The minimum Gasteiger partial charge on any atom is -0.502 e. The topological polar surface area (TPSA) is 75.0 Å². The first-order valence-electron chi connectivity index (χ1n) is 12.1. The van der Waals surface area contributed by atoms with E-state index in [0.717, 1.165) is 18.4 Å². The molecule has 4 aliphatic rings. The number of thioether (sulfide) groups is 1. The SMILES string of the molecule is O=C1c2c(O)c(=O)ccn2N([C@@H]2c3ccccc3SC3CCCc4cccc2c43)[C@@H]2COCCN12. The van der Waals surface area contributed by atoms with Crippen molar-refractivity contribution < 1.29 is 14.6 Å². The maximum Gasteiger partial charge on any atom is 0.278 e. The zero-order chi connectivity index (χ0) is 23.7. The van der Waals surface area contributed by atoms with Crippen LogP contribution in [0.15, 0.2) is 64.4 Å². The Bertz CT molecular complexity index is 1420. The average Bonchev–Trinajstić information content (AvgIpc) is 3.02. The van der Waals surface area contributed by atoms with E-state index < -0.39 is 11.2 Å². The second kappa shape index (κ2) is 7.90. The Labute approximate surface area is 206 Å². The quantitative estimate of drug-likeness (QED) is 0.566. The molecule has 1 amide bonds. The summed E-state index contributed by atoms with van der Waals surface area (Å²) in [5.74, 6) is -0.842. The number of benzene rings is 2. The number of amides is 1. The van der Waals surface area contributed by atoms with Gasteiger partial charge in [-0.25, -0.2) is 0 Å². The molecule has 1 aromatic heterocycles. The summed E-state index contributed by atoms with van der Waals surface area (Å²) in [5, 5.41) is 13.3. The molecular formula is C27H25N3O4S. The Morgan fingerprint density at radius 3 is 2.80 bits per heavy atom. The number of aromatic nitrogens is 1. The normalized spacial score (nSPS) is 24.7. The van der Waals surface area contributed by atoms with Crippen molar-refractivity contribution in [2.75, 3.05) is 24.8 Å². The number of pyridine rings is 1. The van der Waals surface area contributed by atoms with Gasteiger partial charge in [0.2, 0.25) is 5.43 Å². The molecule has 7 rings (SSSR count). The van der Waals surface area contributed by atoms with Crippen LogP contribution in [-0.4, -0.2) is 46.5 Å². The highest BCUT2D eigenvalue weighted by Gasteiger charge is 2.46. The van der Waals surface area contributed by atoms with Gasteiger partial charge in [-0.15, -0.1) is 11.8 Å². The number of nitrogens with zero attached hydrogens (tertiary/aromatic N) is 3. The molecule has 0 radical (unpaired) electrons. The molecule has 2 aromatic carbocycles. The molecule has 1 aliphatic carbocycles. The van der Waals surface area contributed by atoms with E-state index in [0.29, 0.717) is 25.0 Å². The maximum absolute atomic E-state index is 13.5. The lowest BCUT2D eigenvalue weighted by Crippen LogP contribution is -2.66. The molecule has 0 bridgehead atoms. The van der Waals surface area contributed by atoms with Crippen LogP contribution in [0.1, 0.15) is 56.9 Å². The first-order valence-corrected chi connectivity index (χ1v) is 13.0. The van der Waals surface area contributed by atoms with Crippen LogP contribution in [0.4, 0.5) is 0 Å². The fraction of sp³-hybridized carbons (Fsp3) is 0.333. The van der Waals surface area contributed by atoms with Gasteiger partial charge in [-0.05, 0) is 47.6 Å². The summed E-state index contributed by atoms with van der Waals surface area (Å²) in [6.07, 6.45) is 4.60. The summed E-state index contributed by atoms with van der Waals surface area (Å²) >= 11 is 1.92. The van der Waals surface area contributed by atoms with Gasteiger partial charge < -0.3 is 14.7 Å². The van der Waals surface area contributed by atoms with Crippen LogP contribution in [0.2, 0.25) is 0 Å². The molecule has 3 aliphatic heterocycles. The summed E-state index contributed by atoms with van der Waals surface area (Å²) in [4.78, 5) is 28.8. The van der Waals surface area contributed by atoms with Crippen LogP contribution in [0.5, 0.6) is 5.75 Å². The fourth-order valence-electron chi connectivity index (χ4n) is 6.17. The molecule has 178 valence electrons. The van der Waals surface area contributed by atoms with Gasteiger partial charge in [0.1, 0.15) is 6.17 Å². The highest BCUT2D eigenvalue weighted by Crippen LogP contribution is 2.53. The second-order valence-electron chi connectivity index (χ2n) is 9.51. The lowest BCUT2D eigenvalue weighted by Gasteiger charge is -2.51. The maximum atomic E-state index is 13.5. The van der Waals surface area contributed by atoms with E-state index in [1.165, 1.54) is 34.1 Å². The summed E-state index contributed by atoms with van der Waals surface area (Å²) < 4.78 is 7.58. The number of ether oxygens (including phenoxy) is 1. The molecule has 3 aromatic rings. The third kappa shape index (κ3) is 3.02. The van der Waals surface area contributed by atoms with Crippen molar-refractivity contribution in [3.63, 3.8) is 0 Å². The summed E-state index contributed by atoms with van der Waals surface area (Å²) in [7, 11) is 0. The van der Waals surface area contributed by atoms with Crippen LogP contribution in [0, 0.1) is 0 Å². The van der Waals surface area contributed by atoms with Gasteiger partial charge >= 0.3 is 0 Å². The van der Waals surface area contributed by atoms with E-state index in [1.54, 1.807) is 15.8 Å². The van der Waals surface area contributed by atoms with E-state index in [1.807, 2.05) is 11.8 Å². The molecule has 7 nitrogen and oxygen atoms in total. The largest absolute Gasteiger partial charge is 0.502 e. The zero-order valence-electron chi connectivity index (χ0n) is 19.1. The smallest absolute Gasteiger partial charge is 0.278 e. The zero-order valence-corrected chi connectivity index (χ0v) is 19.9. The third-order valence-electron chi connectivity index (χ3n) is 7.68. The van der Waals surface area contributed by atoms with Gasteiger partial charge in [0.25, 0.3) is 5.91 Å². The molecule has 1 saturated heterocycles. The van der Waals surface area contributed by atoms with Gasteiger partial charge in [0.05, 0.1) is 19.3 Å². The minimum absolute atomic E-state index is 0.0198. The van der Waals surface area contributed by atoms with Crippen molar-refractivity contribution in [3.05, 3.63) is 92.9 Å². The van der Waals surface area contributed by atoms with Gasteiger partial charge in [0, 0.05) is 29.0 Å². The average molecular weight is 488 g/mol. The van der Waals surface area contributed by atoms with E-state index in [9.17, 15) is 14.7 Å². The number of fused-ring (bicyclic) bond motifs is 3. The van der Waals surface area contributed by atoms with Crippen molar-refractivity contribution >= 4 is 17.7 Å². The predicted molar refractivity (Wildman–Crippen MR) is 132 cm³/mol. The second-order valence-corrected chi connectivity index (χ2v) is 10.8. The highest BCUT2D eigenvalue weighted by molar-refractivity contribution is 7.99. The van der Waals surface area contributed by atoms with E-state index in [-0.39, 0.29) is 23.8 Å². The molecule has 1 N–H and O–H groups in total. The van der Waals surface area contributed by atoms with Crippen LogP contribution in [-0.2, 0) is 11.2 Å². The van der Waals surface area contributed by atoms with Crippen molar-refractivity contribution in [2.24, 2.45) is 0 Å². The molecule has 1 unspecified atom stereocenters. The van der Waals surface area contributed by atoms with Crippen LogP contribution >= 0.6 is 11.8 Å². The van der Waals surface area contributed by atoms with Crippen molar-refractivity contribution in [3.8, 4) is 5.75 Å². The number of aryl methyl sites for hydroxylation is 1. The Morgan fingerprint density at radius 1 is 1.03 bits per heavy atom. The summed E-state index contributed by atoms with van der Waals surface area (Å²) in [5.41, 5.74) is 4.61. The van der Waals surface area contributed by atoms with Gasteiger partial charge in [-0.2, -0.15) is 0 Å². The Balaban J connectivity index is 1.54. The number of hydrogen-bond donors (Lipinski definition) is 1. The van der Waals surface area contributed by atoms with Crippen molar-refractivity contribution in [2.45, 2.75) is 41.6 Å². The number of carbonyl (C=O) groups is 1. The van der Waals surface area contributed by atoms with E-state index in [4.69, 9.17) is 4.74 Å². The van der Waals surface area contributed by atoms with E-state index in [2.05, 4.69) is 47.5 Å². The third-order valence-corrected chi connectivity index (χ3v) is 9.06. The molecule has 3 atom stereocenters. The van der Waals surface area contributed by atoms with Gasteiger partial charge in [0.15, 0.2) is 11.4 Å². The first-order chi connectivity index (χ1) is 17.1. The molecule has 8 heteroatoms. The Hall–Kier alpha value is -3.23. The van der Waals surface area contributed by atoms with Crippen molar-refractivity contribution in [1.29, 1.82) is 0 Å². The fourth-order valence-corrected chi connectivity index (χ4v) is 7.64. The van der Waals surface area contributed by atoms with Crippen LogP contribution in [0.3, 0.4) is 0 Å². The molecule has 0 spiro atoms. The lowest BCUT2D eigenvalue weighted by atomic mass is 9.83. The first kappa shape index (κ1) is 21.1. The van der Waals surface area contributed by atoms with E-state index >= 15 is 0 Å². The number of hydrogen-bond acceptors (Lipinski definition) is 6. The molecular weight excluding hydrogens is 462 g/mol. The van der Waals surface area contributed by atoms with Gasteiger partial charge in [-0.1, -0.05) is 36.4 Å². The standard InChI is InChI=1S/C27H25N3O4S/c31-19-11-12-29-25(26(19)32)27(33)28-13-14-34-15-22(28)30(29)24-17-7-1-2-9-20(17)35-21-10-4-6-16-5-3-8-18(24)23(16)21/h1-3,5,7-9,11-12,21-22,24,32H,4,6,10,13-15H2/t21?,22-,24-/m1/s1. The Kier molecular flexibility index (Phi) is 4.76. The summed E-state index contributed by atoms with van der Waals surface area (Å²) in [6.45, 7) is 1.18. The highest BCUT2D eigenvalue weighted by atomic mass is 32.2. The number of rotatable bonds is 1. The monoisotopic (exact) mass is 487 g/mol. The molecule has 1 fully saturated rings. The predicted octanol–water partition coefficient (Wildman–Crippen LogP) is 3.58. The molecule has 35 heavy (non-hydrogen) atoms. The summed E-state index contributed by atoms with van der Waals surface area (Å²) in [6, 6.07) is 16.2. The van der Waals surface area contributed by atoms with Crippen LogP contribution < -0.4 is 10.4 Å². The Morgan fingerprint density at radius 2 is 1.89 bits per heavy atom. The molecule has 0 saturated carbocycles. The van der Waals surface area contributed by atoms with Gasteiger partial charge in [-0.3, -0.25) is 19.3 Å².